The molecule has 112 valence electrons. The van der Waals surface area contributed by atoms with Crippen LogP contribution in [0.5, 0.6) is 0 Å². The van der Waals surface area contributed by atoms with Crippen LogP contribution in [0.25, 0.3) is 0 Å². The van der Waals surface area contributed by atoms with Crippen molar-refractivity contribution in [1.82, 2.24) is 9.97 Å². The number of anilines is 3. The summed E-state index contributed by atoms with van der Waals surface area (Å²) < 4.78 is 1.10. The van der Waals surface area contributed by atoms with Crippen LogP contribution in [0.3, 0.4) is 0 Å². The number of aryl methyl sites for hydroxylation is 1. The van der Waals surface area contributed by atoms with Crippen LogP contribution in [-0.4, -0.2) is 22.8 Å². The number of rotatable bonds is 6. The van der Waals surface area contributed by atoms with Crippen molar-refractivity contribution in [2.75, 3.05) is 23.4 Å². The SMILES string of the molecule is CCCNc1cc(Nc2ccc(Br)c(C)c2)nc(SC)n1. The number of hydrogen-bond acceptors (Lipinski definition) is 5. The Morgan fingerprint density at radius 3 is 2.62 bits per heavy atom. The van der Waals surface area contributed by atoms with Gasteiger partial charge in [-0.2, -0.15) is 0 Å². The van der Waals surface area contributed by atoms with E-state index in [-0.39, 0.29) is 0 Å². The molecule has 0 aliphatic carbocycles. The molecule has 2 N–H and O–H groups in total. The smallest absolute Gasteiger partial charge is 0.191 e. The highest BCUT2D eigenvalue weighted by atomic mass is 79.9. The highest BCUT2D eigenvalue weighted by Crippen LogP contribution is 2.24. The first kappa shape index (κ1) is 16.1. The van der Waals surface area contributed by atoms with Crippen molar-refractivity contribution in [2.24, 2.45) is 0 Å². The second-order valence-electron chi connectivity index (χ2n) is 4.64. The Kier molecular flexibility index (Phi) is 5.87. The molecule has 0 fully saturated rings. The molecule has 0 saturated carbocycles. The molecule has 2 aromatic rings. The molecule has 0 aliphatic heterocycles. The first-order chi connectivity index (χ1) is 10.1. The minimum Gasteiger partial charge on any atom is -0.370 e. The Bertz CT molecular complexity index is 619. The molecule has 1 aromatic heterocycles. The quantitative estimate of drug-likeness (QED) is 0.565. The maximum Gasteiger partial charge on any atom is 0.191 e. The fourth-order valence-corrected chi connectivity index (χ4v) is 2.42. The molecule has 0 spiro atoms. The lowest BCUT2D eigenvalue weighted by molar-refractivity contribution is 0.929. The van der Waals surface area contributed by atoms with Gasteiger partial charge < -0.3 is 10.6 Å². The van der Waals surface area contributed by atoms with Gasteiger partial charge in [0.05, 0.1) is 0 Å². The average molecular weight is 367 g/mol. The van der Waals surface area contributed by atoms with Crippen LogP contribution in [0.4, 0.5) is 17.3 Å². The summed E-state index contributed by atoms with van der Waals surface area (Å²) in [6.07, 6.45) is 3.04. The second kappa shape index (κ2) is 7.66. The third-order valence-electron chi connectivity index (χ3n) is 2.87. The zero-order chi connectivity index (χ0) is 15.2. The molecule has 0 atom stereocenters. The third kappa shape index (κ3) is 4.61. The van der Waals surface area contributed by atoms with Crippen LogP contribution in [0.2, 0.25) is 0 Å². The van der Waals surface area contributed by atoms with Crippen LogP contribution in [0.15, 0.2) is 33.9 Å². The van der Waals surface area contributed by atoms with Gasteiger partial charge in [-0.3, -0.25) is 0 Å². The van der Waals surface area contributed by atoms with Gasteiger partial charge in [0, 0.05) is 22.8 Å². The molecular formula is C15H19BrN4S. The van der Waals surface area contributed by atoms with Gasteiger partial charge in [-0.15, -0.1) is 0 Å². The van der Waals surface area contributed by atoms with E-state index in [0.29, 0.717) is 0 Å². The number of benzene rings is 1. The number of halogens is 1. The highest BCUT2D eigenvalue weighted by Gasteiger charge is 2.05. The van der Waals surface area contributed by atoms with Crippen LogP contribution < -0.4 is 10.6 Å². The lowest BCUT2D eigenvalue weighted by Gasteiger charge is -2.11. The minimum absolute atomic E-state index is 0.757. The van der Waals surface area contributed by atoms with E-state index in [1.807, 2.05) is 24.5 Å². The Balaban J connectivity index is 2.23. The summed E-state index contributed by atoms with van der Waals surface area (Å²) in [7, 11) is 0. The van der Waals surface area contributed by atoms with Crippen LogP contribution in [0.1, 0.15) is 18.9 Å². The predicted octanol–water partition coefficient (Wildman–Crippen LogP) is 4.83. The van der Waals surface area contributed by atoms with Gasteiger partial charge >= 0.3 is 0 Å². The second-order valence-corrected chi connectivity index (χ2v) is 6.27. The molecule has 0 amide bonds. The Hall–Kier alpha value is -1.27. The van der Waals surface area contributed by atoms with Crippen molar-refractivity contribution in [1.29, 1.82) is 0 Å². The molecule has 0 radical (unpaired) electrons. The molecule has 2 rings (SSSR count). The third-order valence-corrected chi connectivity index (χ3v) is 4.31. The highest BCUT2D eigenvalue weighted by molar-refractivity contribution is 9.10. The lowest BCUT2D eigenvalue weighted by atomic mass is 10.2. The topological polar surface area (TPSA) is 49.8 Å². The summed E-state index contributed by atoms with van der Waals surface area (Å²) in [5.41, 5.74) is 2.20. The van der Waals surface area contributed by atoms with Crippen molar-refractivity contribution in [2.45, 2.75) is 25.4 Å². The predicted molar refractivity (Wildman–Crippen MR) is 94.8 cm³/mol. The maximum atomic E-state index is 4.50. The first-order valence-electron chi connectivity index (χ1n) is 6.82. The molecule has 0 saturated heterocycles. The van der Waals surface area contributed by atoms with Crippen molar-refractivity contribution >= 4 is 45.0 Å². The molecule has 4 nitrogen and oxygen atoms in total. The Morgan fingerprint density at radius 2 is 1.95 bits per heavy atom. The van der Waals surface area contributed by atoms with E-state index < -0.39 is 0 Å². The summed E-state index contributed by atoms with van der Waals surface area (Å²) >= 11 is 5.05. The van der Waals surface area contributed by atoms with E-state index in [2.05, 4.69) is 56.4 Å². The van der Waals surface area contributed by atoms with Gasteiger partial charge in [0.25, 0.3) is 0 Å². The maximum absolute atomic E-state index is 4.50. The Morgan fingerprint density at radius 1 is 1.19 bits per heavy atom. The van der Waals surface area contributed by atoms with Crippen molar-refractivity contribution in [3.8, 4) is 0 Å². The molecule has 0 unspecified atom stereocenters. The van der Waals surface area contributed by atoms with Crippen LogP contribution in [0, 0.1) is 6.92 Å². The minimum atomic E-state index is 0.757. The van der Waals surface area contributed by atoms with Gasteiger partial charge in [-0.25, -0.2) is 9.97 Å². The van der Waals surface area contributed by atoms with E-state index in [9.17, 15) is 0 Å². The van der Waals surface area contributed by atoms with Crippen LogP contribution in [-0.2, 0) is 0 Å². The van der Waals surface area contributed by atoms with E-state index in [1.54, 1.807) is 0 Å². The fourth-order valence-electron chi connectivity index (χ4n) is 1.79. The van der Waals surface area contributed by atoms with Gasteiger partial charge in [0.15, 0.2) is 5.16 Å². The number of hydrogen-bond donors (Lipinski definition) is 2. The van der Waals surface area contributed by atoms with Crippen molar-refractivity contribution in [3.05, 3.63) is 34.3 Å². The monoisotopic (exact) mass is 366 g/mol. The largest absolute Gasteiger partial charge is 0.370 e. The van der Waals surface area contributed by atoms with E-state index in [0.717, 1.165) is 39.9 Å². The number of aromatic nitrogens is 2. The van der Waals surface area contributed by atoms with Gasteiger partial charge in [-0.05, 0) is 43.4 Å². The Labute approximate surface area is 138 Å². The zero-order valence-electron chi connectivity index (χ0n) is 12.4. The molecular weight excluding hydrogens is 348 g/mol. The summed E-state index contributed by atoms with van der Waals surface area (Å²) in [6.45, 7) is 5.10. The summed E-state index contributed by atoms with van der Waals surface area (Å²) in [4.78, 5) is 8.95. The van der Waals surface area contributed by atoms with Gasteiger partial charge in [0.2, 0.25) is 0 Å². The molecule has 1 aromatic carbocycles. The molecule has 0 bridgehead atoms. The summed E-state index contributed by atoms with van der Waals surface area (Å²) in [5.74, 6) is 1.65. The van der Waals surface area contributed by atoms with E-state index in [1.165, 1.54) is 17.3 Å². The average Bonchev–Trinajstić information content (AvgIpc) is 2.48. The molecule has 6 heteroatoms. The molecule has 1 heterocycles. The number of thioether (sulfide) groups is 1. The molecule has 0 aliphatic rings. The zero-order valence-corrected chi connectivity index (χ0v) is 14.8. The van der Waals surface area contributed by atoms with Crippen molar-refractivity contribution < 1.29 is 0 Å². The lowest BCUT2D eigenvalue weighted by Crippen LogP contribution is -2.05. The van der Waals surface area contributed by atoms with E-state index >= 15 is 0 Å². The summed E-state index contributed by atoms with van der Waals surface area (Å²) in [6, 6.07) is 8.08. The van der Waals surface area contributed by atoms with Gasteiger partial charge in [-0.1, -0.05) is 34.6 Å². The molecule has 21 heavy (non-hydrogen) atoms. The standard InChI is InChI=1S/C15H19BrN4S/c1-4-7-17-13-9-14(20-15(19-13)21-3)18-11-5-6-12(16)10(2)8-11/h5-6,8-9H,4,7H2,1-3H3,(H2,17,18,19,20). The van der Waals surface area contributed by atoms with Crippen molar-refractivity contribution in [3.63, 3.8) is 0 Å². The van der Waals surface area contributed by atoms with Crippen LogP contribution >= 0.6 is 27.7 Å². The summed E-state index contributed by atoms with van der Waals surface area (Å²) in [5, 5.41) is 7.40. The van der Waals surface area contributed by atoms with E-state index in [4.69, 9.17) is 0 Å². The normalized spacial score (nSPS) is 10.5. The van der Waals surface area contributed by atoms with Gasteiger partial charge in [0.1, 0.15) is 11.6 Å². The number of nitrogens with zero attached hydrogens (tertiary/aromatic N) is 2. The fraction of sp³-hybridized carbons (Fsp3) is 0.333. The first-order valence-corrected chi connectivity index (χ1v) is 8.84. The number of nitrogens with one attached hydrogen (secondary N) is 2.